The van der Waals surface area contributed by atoms with Crippen molar-refractivity contribution in [1.29, 1.82) is 0 Å². The SMILES string of the molecule is [N-]=[N+]=N[C@@H](CO)[C@@H]1O[C@H](O)[C@H](O)[C@H]1O. The number of aliphatic hydroxyl groups is 4. The zero-order chi connectivity index (χ0) is 10.7. The molecule has 14 heavy (non-hydrogen) atoms. The number of rotatable bonds is 3. The molecular formula is C6H11N3O5. The molecule has 1 saturated heterocycles. The molecule has 80 valence electrons. The van der Waals surface area contributed by atoms with E-state index in [1.54, 1.807) is 0 Å². The maximum absolute atomic E-state index is 9.33. The summed E-state index contributed by atoms with van der Waals surface area (Å²) in [5.41, 5.74) is 8.13. The molecule has 0 spiro atoms. The lowest BCUT2D eigenvalue weighted by Gasteiger charge is -2.18. The van der Waals surface area contributed by atoms with E-state index in [1.807, 2.05) is 0 Å². The summed E-state index contributed by atoms with van der Waals surface area (Å²) < 4.78 is 4.72. The van der Waals surface area contributed by atoms with E-state index in [4.69, 9.17) is 25.6 Å². The zero-order valence-electron chi connectivity index (χ0n) is 7.13. The highest BCUT2D eigenvalue weighted by molar-refractivity contribution is 4.93. The molecule has 8 heteroatoms. The molecule has 0 unspecified atom stereocenters. The average molecular weight is 205 g/mol. The zero-order valence-corrected chi connectivity index (χ0v) is 7.13. The summed E-state index contributed by atoms with van der Waals surface area (Å²) >= 11 is 0. The summed E-state index contributed by atoms with van der Waals surface area (Å²) in [6.45, 7) is -0.536. The summed E-state index contributed by atoms with van der Waals surface area (Å²) in [6, 6.07) is -1.03. The smallest absolute Gasteiger partial charge is 0.183 e. The van der Waals surface area contributed by atoms with Crippen LogP contribution in [0.2, 0.25) is 0 Å². The molecule has 0 aliphatic carbocycles. The molecule has 1 aliphatic heterocycles. The van der Waals surface area contributed by atoms with Crippen LogP contribution >= 0.6 is 0 Å². The highest BCUT2D eigenvalue weighted by atomic mass is 16.6. The normalized spacial score (nSPS) is 39.1. The second-order valence-corrected chi connectivity index (χ2v) is 2.93. The molecule has 0 saturated carbocycles. The van der Waals surface area contributed by atoms with Crippen LogP contribution in [0.15, 0.2) is 5.11 Å². The van der Waals surface area contributed by atoms with E-state index < -0.39 is 37.3 Å². The number of azide groups is 1. The van der Waals surface area contributed by atoms with Gasteiger partial charge in [-0.25, -0.2) is 0 Å². The van der Waals surface area contributed by atoms with Crippen LogP contribution in [-0.2, 0) is 4.74 Å². The fraction of sp³-hybridized carbons (Fsp3) is 1.00. The Kier molecular flexibility index (Phi) is 3.64. The Balaban J connectivity index is 2.73. The third-order valence-corrected chi connectivity index (χ3v) is 2.04. The summed E-state index contributed by atoms with van der Waals surface area (Å²) in [5.74, 6) is 0. The average Bonchev–Trinajstić information content (AvgIpc) is 2.42. The Hall–Kier alpha value is -0.890. The van der Waals surface area contributed by atoms with Gasteiger partial charge in [0.25, 0.3) is 0 Å². The first-order valence-corrected chi connectivity index (χ1v) is 3.96. The summed E-state index contributed by atoms with van der Waals surface area (Å²) in [5, 5.41) is 39.4. The number of nitrogens with zero attached hydrogens (tertiary/aromatic N) is 3. The van der Waals surface area contributed by atoms with Gasteiger partial charge in [-0.1, -0.05) is 5.11 Å². The van der Waals surface area contributed by atoms with E-state index in [9.17, 15) is 5.11 Å². The van der Waals surface area contributed by atoms with E-state index in [2.05, 4.69) is 10.0 Å². The summed E-state index contributed by atoms with van der Waals surface area (Å²) in [6.07, 6.45) is -5.46. The second-order valence-electron chi connectivity index (χ2n) is 2.93. The van der Waals surface area contributed by atoms with Gasteiger partial charge < -0.3 is 25.2 Å². The van der Waals surface area contributed by atoms with Crippen LogP contribution < -0.4 is 0 Å². The highest BCUT2D eigenvalue weighted by Gasteiger charge is 2.45. The van der Waals surface area contributed by atoms with Crippen molar-refractivity contribution in [2.75, 3.05) is 6.61 Å². The topological polar surface area (TPSA) is 139 Å². The predicted molar refractivity (Wildman–Crippen MR) is 42.9 cm³/mol. The molecular weight excluding hydrogens is 194 g/mol. The molecule has 1 fully saturated rings. The third kappa shape index (κ3) is 1.95. The van der Waals surface area contributed by atoms with Gasteiger partial charge in [-0.3, -0.25) is 0 Å². The Morgan fingerprint density at radius 2 is 2.00 bits per heavy atom. The van der Waals surface area contributed by atoms with Gasteiger partial charge in [0, 0.05) is 4.91 Å². The van der Waals surface area contributed by atoms with Gasteiger partial charge in [0.1, 0.15) is 18.3 Å². The molecule has 0 amide bonds. The van der Waals surface area contributed by atoms with Crippen LogP contribution in [0.25, 0.3) is 10.4 Å². The minimum atomic E-state index is -1.53. The van der Waals surface area contributed by atoms with Crippen LogP contribution in [0.3, 0.4) is 0 Å². The highest BCUT2D eigenvalue weighted by Crippen LogP contribution is 2.23. The maximum atomic E-state index is 9.33. The summed E-state index contributed by atoms with van der Waals surface area (Å²) in [7, 11) is 0. The Morgan fingerprint density at radius 3 is 2.36 bits per heavy atom. The Bertz CT molecular complexity index is 244. The van der Waals surface area contributed by atoms with E-state index in [0.717, 1.165) is 0 Å². The third-order valence-electron chi connectivity index (χ3n) is 2.04. The van der Waals surface area contributed by atoms with Crippen molar-refractivity contribution < 1.29 is 25.2 Å². The minimum Gasteiger partial charge on any atom is -0.396 e. The van der Waals surface area contributed by atoms with Gasteiger partial charge >= 0.3 is 0 Å². The lowest BCUT2D eigenvalue weighted by atomic mass is 10.1. The molecule has 0 aromatic heterocycles. The fourth-order valence-corrected chi connectivity index (χ4v) is 1.28. The molecule has 1 rings (SSSR count). The van der Waals surface area contributed by atoms with Crippen LogP contribution in [0.5, 0.6) is 0 Å². The second kappa shape index (κ2) is 4.56. The van der Waals surface area contributed by atoms with Gasteiger partial charge in [-0.2, -0.15) is 0 Å². The van der Waals surface area contributed by atoms with E-state index in [0.29, 0.717) is 0 Å². The monoisotopic (exact) mass is 205 g/mol. The van der Waals surface area contributed by atoms with Crippen molar-refractivity contribution in [3.05, 3.63) is 10.4 Å². The standard InChI is InChI=1S/C6H11N3O5/c7-9-8-2(1-10)5-3(11)4(12)6(13)14-5/h2-6,10-13H,1H2/t2-,3+,4+,5-,6-/m0/s1. The van der Waals surface area contributed by atoms with Gasteiger partial charge in [-0.15, -0.1) is 0 Å². The number of hydrogen-bond donors (Lipinski definition) is 4. The van der Waals surface area contributed by atoms with Crippen LogP contribution in [0.1, 0.15) is 0 Å². The van der Waals surface area contributed by atoms with E-state index in [-0.39, 0.29) is 0 Å². The molecule has 1 heterocycles. The number of aliphatic hydroxyl groups excluding tert-OH is 4. The first kappa shape index (κ1) is 11.2. The molecule has 0 radical (unpaired) electrons. The Morgan fingerprint density at radius 1 is 1.36 bits per heavy atom. The van der Waals surface area contributed by atoms with Crippen molar-refractivity contribution in [3.63, 3.8) is 0 Å². The lowest BCUT2D eigenvalue weighted by molar-refractivity contribution is -0.131. The maximum Gasteiger partial charge on any atom is 0.183 e. The van der Waals surface area contributed by atoms with Crippen LogP contribution in [0, 0.1) is 0 Å². The summed E-state index contributed by atoms with van der Waals surface area (Å²) in [4.78, 5) is 2.45. The van der Waals surface area contributed by atoms with Crippen molar-refractivity contribution in [2.24, 2.45) is 5.11 Å². The van der Waals surface area contributed by atoms with Gasteiger partial charge in [-0.05, 0) is 5.53 Å². The molecule has 1 aliphatic rings. The number of hydrogen-bond acceptors (Lipinski definition) is 6. The van der Waals surface area contributed by atoms with Crippen molar-refractivity contribution in [2.45, 2.75) is 30.6 Å². The van der Waals surface area contributed by atoms with Gasteiger partial charge in [0.2, 0.25) is 0 Å². The van der Waals surface area contributed by atoms with Crippen molar-refractivity contribution in [1.82, 2.24) is 0 Å². The van der Waals surface area contributed by atoms with Gasteiger partial charge in [0.05, 0.1) is 12.6 Å². The van der Waals surface area contributed by atoms with E-state index in [1.165, 1.54) is 0 Å². The molecule has 0 aromatic carbocycles. The number of ether oxygens (including phenoxy) is 1. The first-order valence-electron chi connectivity index (χ1n) is 3.96. The molecule has 5 atom stereocenters. The lowest BCUT2D eigenvalue weighted by Crippen LogP contribution is -2.39. The molecule has 0 bridgehead atoms. The first-order chi connectivity index (χ1) is 6.61. The van der Waals surface area contributed by atoms with Crippen molar-refractivity contribution >= 4 is 0 Å². The van der Waals surface area contributed by atoms with Crippen LogP contribution in [0.4, 0.5) is 0 Å². The quantitative estimate of drug-likeness (QED) is 0.242. The minimum absolute atomic E-state index is 0.536. The molecule has 4 N–H and O–H groups in total. The fourth-order valence-electron chi connectivity index (χ4n) is 1.28. The molecule has 8 nitrogen and oxygen atoms in total. The van der Waals surface area contributed by atoms with Gasteiger partial charge in [0.15, 0.2) is 6.29 Å². The predicted octanol–water partition coefficient (Wildman–Crippen LogP) is -1.90. The van der Waals surface area contributed by atoms with Crippen LogP contribution in [-0.4, -0.2) is 57.7 Å². The van der Waals surface area contributed by atoms with Crippen molar-refractivity contribution in [3.8, 4) is 0 Å². The van der Waals surface area contributed by atoms with E-state index >= 15 is 0 Å². The molecule has 0 aromatic rings. The largest absolute Gasteiger partial charge is 0.396 e. The Labute approximate surface area is 79.0 Å².